The average Bonchev–Trinajstić information content (AvgIpc) is 3.32. The summed E-state index contributed by atoms with van der Waals surface area (Å²) in [5.74, 6) is -0.0890. The normalized spacial score (nSPS) is 20.2. The lowest BCUT2D eigenvalue weighted by molar-refractivity contribution is -0.137. The highest BCUT2D eigenvalue weighted by Gasteiger charge is 2.41. The number of piperazine rings is 1. The number of nitrogens with zero attached hydrogens (tertiary/aromatic N) is 5. The fourth-order valence-corrected chi connectivity index (χ4v) is 5.14. The van der Waals surface area contributed by atoms with Gasteiger partial charge >= 0.3 is 6.18 Å². The Kier molecular flexibility index (Phi) is 6.46. The van der Waals surface area contributed by atoms with Crippen molar-refractivity contribution in [2.24, 2.45) is 10.9 Å². The van der Waals surface area contributed by atoms with Gasteiger partial charge in [0.15, 0.2) is 5.82 Å². The average molecular weight is 536 g/mol. The maximum Gasteiger partial charge on any atom is 0.416 e. The number of rotatable bonds is 3. The van der Waals surface area contributed by atoms with Gasteiger partial charge in [-0.05, 0) is 42.8 Å². The molecule has 2 atom stereocenters. The number of aromatic nitrogens is 2. The van der Waals surface area contributed by atoms with Crippen LogP contribution in [0.4, 0.5) is 24.7 Å². The number of carbonyl (C=O) groups is 1. The van der Waals surface area contributed by atoms with E-state index in [1.165, 1.54) is 6.07 Å². The van der Waals surface area contributed by atoms with Crippen LogP contribution in [0.15, 0.2) is 59.7 Å². The first-order valence-corrected chi connectivity index (χ1v) is 12.1. The molecule has 3 heterocycles. The van der Waals surface area contributed by atoms with Crippen LogP contribution in [0, 0.1) is 5.92 Å². The highest BCUT2D eigenvalue weighted by molar-refractivity contribution is 6.42. The summed E-state index contributed by atoms with van der Waals surface area (Å²) in [6.07, 6.45) is -2.77. The highest BCUT2D eigenvalue weighted by atomic mass is 35.5. The number of carbonyl (C=O) groups excluding carboxylic acids is 1. The number of fused-ring (bicyclic) bond motifs is 1. The van der Waals surface area contributed by atoms with E-state index in [-0.39, 0.29) is 5.91 Å². The van der Waals surface area contributed by atoms with Crippen LogP contribution >= 0.6 is 23.2 Å². The number of anilines is 1. The Hall–Kier alpha value is -3.04. The molecule has 1 saturated heterocycles. The standard InChI is InChI=1S/C25H22Cl2F3N5O/c1-15-22(23(35-21(32-15)7-8-31-35)16-5-6-19(26)20(27)13-16)24(36)34-11-9-33(10-12-34)18-4-2-3-17(14-18)25(28,29)30/h2-8,13-14,22-23H,9-12H2,1H3. The summed E-state index contributed by atoms with van der Waals surface area (Å²) in [5.41, 5.74) is 1.24. The third-order valence-electron chi connectivity index (χ3n) is 6.65. The van der Waals surface area contributed by atoms with Gasteiger partial charge in [0, 0.05) is 43.6 Å². The molecule has 0 spiro atoms. The topological polar surface area (TPSA) is 53.7 Å². The van der Waals surface area contributed by atoms with Crippen LogP contribution in [-0.2, 0) is 11.0 Å². The van der Waals surface area contributed by atoms with E-state index in [1.54, 1.807) is 40.0 Å². The molecule has 0 saturated carbocycles. The van der Waals surface area contributed by atoms with E-state index in [0.717, 1.165) is 17.7 Å². The van der Waals surface area contributed by atoms with Gasteiger partial charge in [0.2, 0.25) is 5.91 Å². The number of benzene rings is 2. The van der Waals surface area contributed by atoms with Crippen LogP contribution in [0.25, 0.3) is 0 Å². The van der Waals surface area contributed by atoms with Crippen LogP contribution in [0.2, 0.25) is 10.0 Å². The SMILES string of the molecule is CC1=Nc2ccnn2C(c2ccc(Cl)c(Cl)c2)C1C(=O)N1CCN(c2cccc(C(F)(F)F)c2)CC1. The molecule has 2 aliphatic heterocycles. The Morgan fingerprint density at radius 2 is 1.75 bits per heavy atom. The van der Waals surface area contributed by atoms with Crippen molar-refractivity contribution in [2.45, 2.75) is 19.1 Å². The number of hydrogen-bond donors (Lipinski definition) is 0. The van der Waals surface area contributed by atoms with Gasteiger partial charge in [0.1, 0.15) is 5.92 Å². The van der Waals surface area contributed by atoms with Crippen molar-refractivity contribution >= 4 is 46.3 Å². The molecule has 11 heteroatoms. The maximum absolute atomic E-state index is 13.8. The van der Waals surface area contributed by atoms with Crippen molar-refractivity contribution < 1.29 is 18.0 Å². The molecule has 1 amide bonds. The van der Waals surface area contributed by atoms with Gasteiger partial charge in [0.25, 0.3) is 0 Å². The lowest BCUT2D eigenvalue weighted by Crippen LogP contribution is -2.53. The fraction of sp³-hybridized carbons (Fsp3) is 0.320. The maximum atomic E-state index is 13.8. The number of aliphatic imine (C=N–C) groups is 1. The van der Waals surface area contributed by atoms with E-state index in [4.69, 9.17) is 23.2 Å². The first-order valence-electron chi connectivity index (χ1n) is 11.4. The van der Waals surface area contributed by atoms with E-state index in [1.807, 2.05) is 17.9 Å². The van der Waals surface area contributed by atoms with Crippen LogP contribution in [-0.4, -0.2) is 52.5 Å². The van der Waals surface area contributed by atoms with Gasteiger partial charge in [-0.25, -0.2) is 9.67 Å². The van der Waals surface area contributed by atoms with E-state index in [9.17, 15) is 18.0 Å². The fourth-order valence-electron chi connectivity index (χ4n) is 4.83. The molecule has 0 N–H and O–H groups in total. The Morgan fingerprint density at radius 3 is 2.44 bits per heavy atom. The third-order valence-corrected chi connectivity index (χ3v) is 7.39. The van der Waals surface area contributed by atoms with Gasteiger partial charge in [0.05, 0.1) is 27.8 Å². The largest absolute Gasteiger partial charge is 0.416 e. The molecule has 5 rings (SSSR count). The Bertz CT molecular complexity index is 1330. The summed E-state index contributed by atoms with van der Waals surface area (Å²) in [6.45, 7) is 3.40. The highest BCUT2D eigenvalue weighted by Crippen LogP contribution is 2.39. The molecule has 2 aliphatic rings. The summed E-state index contributed by atoms with van der Waals surface area (Å²) < 4.78 is 41.2. The smallest absolute Gasteiger partial charge is 0.368 e. The van der Waals surface area contributed by atoms with Crippen molar-refractivity contribution in [3.63, 3.8) is 0 Å². The van der Waals surface area contributed by atoms with Crippen molar-refractivity contribution in [2.75, 3.05) is 31.1 Å². The molecule has 6 nitrogen and oxygen atoms in total. The lowest BCUT2D eigenvalue weighted by Gasteiger charge is -2.40. The molecule has 1 fully saturated rings. The summed E-state index contributed by atoms with van der Waals surface area (Å²) >= 11 is 12.4. The molecule has 0 bridgehead atoms. The zero-order valence-electron chi connectivity index (χ0n) is 19.2. The zero-order chi connectivity index (χ0) is 25.6. The molecule has 2 aromatic carbocycles. The summed E-state index contributed by atoms with van der Waals surface area (Å²) in [6, 6.07) is 11.8. The number of hydrogen-bond acceptors (Lipinski definition) is 4. The molecule has 0 aliphatic carbocycles. The Morgan fingerprint density at radius 1 is 1.00 bits per heavy atom. The van der Waals surface area contributed by atoms with E-state index in [2.05, 4.69) is 10.1 Å². The molecular weight excluding hydrogens is 514 g/mol. The molecule has 1 aromatic heterocycles. The minimum Gasteiger partial charge on any atom is -0.368 e. The van der Waals surface area contributed by atoms with E-state index < -0.39 is 23.7 Å². The van der Waals surface area contributed by atoms with Crippen LogP contribution in [0.3, 0.4) is 0 Å². The predicted octanol–water partition coefficient (Wildman–Crippen LogP) is 5.87. The van der Waals surface area contributed by atoms with Gasteiger partial charge in [-0.1, -0.05) is 35.3 Å². The number of halogens is 5. The summed E-state index contributed by atoms with van der Waals surface area (Å²) in [5, 5.41) is 5.21. The second-order valence-corrected chi connectivity index (χ2v) is 9.66. The second kappa shape index (κ2) is 9.44. The van der Waals surface area contributed by atoms with Gasteiger partial charge in [-0.3, -0.25) is 4.79 Å². The van der Waals surface area contributed by atoms with Crippen LogP contribution in [0.5, 0.6) is 0 Å². The molecule has 188 valence electrons. The van der Waals surface area contributed by atoms with Crippen LogP contribution < -0.4 is 4.90 Å². The number of amides is 1. The van der Waals surface area contributed by atoms with Gasteiger partial charge in [-0.2, -0.15) is 18.3 Å². The third kappa shape index (κ3) is 4.57. The summed E-state index contributed by atoms with van der Waals surface area (Å²) in [7, 11) is 0. The molecule has 3 aromatic rings. The monoisotopic (exact) mass is 535 g/mol. The van der Waals surface area contributed by atoms with E-state index in [0.29, 0.717) is 53.4 Å². The second-order valence-electron chi connectivity index (χ2n) is 8.84. The Balaban J connectivity index is 1.38. The van der Waals surface area contributed by atoms with Gasteiger partial charge in [-0.15, -0.1) is 0 Å². The van der Waals surface area contributed by atoms with Crippen molar-refractivity contribution in [1.29, 1.82) is 0 Å². The van der Waals surface area contributed by atoms with E-state index >= 15 is 0 Å². The van der Waals surface area contributed by atoms with Crippen molar-refractivity contribution in [1.82, 2.24) is 14.7 Å². The Labute approximate surface area is 215 Å². The number of alkyl halides is 3. The predicted molar refractivity (Wildman–Crippen MR) is 133 cm³/mol. The first kappa shape index (κ1) is 24.6. The first-order chi connectivity index (χ1) is 17.1. The van der Waals surface area contributed by atoms with Crippen molar-refractivity contribution in [3.05, 3.63) is 75.9 Å². The van der Waals surface area contributed by atoms with Gasteiger partial charge < -0.3 is 9.80 Å². The molecule has 0 radical (unpaired) electrons. The van der Waals surface area contributed by atoms with Crippen molar-refractivity contribution in [3.8, 4) is 0 Å². The lowest BCUT2D eigenvalue weighted by atomic mass is 9.87. The minimum atomic E-state index is -4.41. The molecular formula is C25H22Cl2F3N5O. The van der Waals surface area contributed by atoms with Crippen LogP contribution in [0.1, 0.15) is 24.1 Å². The molecule has 36 heavy (non-hydrogen) atoms. The summed E-state index contributed by atoms with van der Waals surface area (Å²) in [4.78, 5) is 22.1. The quantitative estimate of drug-likeness (QED) is 0.421. The minimum absolute atomic E-state index is 0.114. The zero-order valence-corrected chi connectivity index (χ0v) is 20.7. The molecule has 2 unspecified atom stereocenters.